The Morgan fingerprint density at radius 2 is 2.00 bits per heavy atom. The van der Waals surface area contributed by atoms with Crippen LogP contribution in [-0.2, 0) is 14.8 Å². The maximum atomic E-state index is 12.0. The summed E-state index contributed by atoms with van der Waals surface area (Å²) in [4.78, 5) is 12.0. The van der Waals surface area contributed by atoms with Crippen LogP contribution >= 0.6 is 0 Å². The van der Waals surface area contributed by atoms with Crippen molar-refractivity contribution >= 4 is 15.9 Å². The highest BCUT2D eigenvalue weighted by Gasteiger charge is 2.32. The lowest BCUT2D eigenvalue weighted by molar-refractivity contribution is -0.127. The number of nitrogens with one attached hydrogen (secondary N) is 1. The van der Waals surface area contributed by atoms with Crippen LogP contribution in [0.2, 0.25) is 0 Å². The molecule has 1 amide bonds. The standard InChI is InChI=1S/C12H24N2O3S/c1-5-18(16,17)14-8-6-7-10(9-14)11(15)13-12(2,3)4/h10H,5-9H2,1-4H3,(H,13,15). The molecule has 0 saturated carbocycles. The first-order valence-electron chi connectivity index (χ1n) is 6.45. The fraction of sp³-hybridized carbons (Fsp3) is 0.917. The molecular weight excluding hydrogens is 252 g/mol. The minimum absolute atomic E-state index is 0.0431. The fourth-order valence-electron chi connectivity index (χ4n) is 2.06. The Balaban J connectivity index is 2.67. The highest BCUT2D eigenvalue weighted by atomic mass is 32.2. The summed E-state index contributed by atoms with van der Waals surface area (Å²) >= 11 is 0. The van der Waals surface area contributed by atoms with Gasteiger partial charge in [0, 0.05) is 18.6 Å². The Labute approximate surface area is 110 Å². The lowest BCUT2D eigenvalue weighted by atomic mass is 9.97. The molecule has 0 spiro atoms. The molecule has 0 aliphatic carbocycles. The Morgan fingerprint density at radius 3 is 2.50 bits per heavy atom. The van der Waals surface area contributed by atoms with E-state index in [9.17, 15) is 13.2 Å². The summed E-state index contributed by atoms with van der Waals surface area (Å²) in [5, 5.41) is 2.92. The minimum Gasteiger partial charge on any atom is -0.351 e. The number of sulfonamides is 1. The van der Waals surface area contributed by atoms with Gasteiger partial charge in [-0.15, -0.1) is 0 Å². The van der Waals surface area contributed by atoms with Crippen LogP contribution in [-0.4, -0.2) is 43.0 Å². The molecule has 1 rings (SSSR count). The van der Waals surface area contributed by atoms with Gasteiger partial charge in [0.15, 0.2) is 0 Å². The number of hydrogen-bond donors (Lipinski definition) is 1. The number of nitrogens with zero attached hydrogens (tertiary/aromatic N) is 1. The second-order valence-corrected chi connectivity index (χ2v) is 8.09. The van der Waals surface area contributed by atoms with E-state index in [1.807, 2.05) is 20.8 Å². The van der Waals surface area contributed by atoms with Gasteiger partial charge in [0.1, 0.15) is 0 Å². The average Bonchev–Trinajstić information content (AvgIpc) is 2.27. The topological polar surface area (TPSA) is 66.5 Å². The number of amides is 1. The van der Waals surface area contributed by atoms with Crippen molar-refractivity contribution in [3.8, 4) is 0 Å². The number of carbonyl (C=O) groups is 1. The largest absolute Gasteiger partial charge is 0.351 e. The second-order valence-electron chi connectivity index (χ2n) is 5.84. The molecule has 1 N–H and O–H groups in total. The number of rotatable bonds is 3. The molecule has 5 nitrogen and oxygen atoms in total. The third kappa shape index (κ3) is 4.24. The summed E-state index contributed by atoms with van der Waals surface area (Å²) in [6.45, 7) is 8.26. The van der Waals surface area contributed by atoms with E-state index in [1.54, 1.807) is 6.92 Å². The van der Waals surface area contributed by atoms with Gasteiger partial charge >= 0.3 is 0 Å². The van der Waals surface area contributed by atoms with Crippen molar-refractivity contribution in [3.05, 3.63) is 0 Å². The van der Waals surface area contributed by atoms with Gasteiger partial charge in [-0.1, -0.05) is 0 Å². The molecule has 1 saturated heterocycles. The number of hydrogen-bond acceptors (Lipinski definition) is 3. The van der Waals surface area contributed by atoms with E-state index in [2.05, 4.69) is 5.32 Å². The van der Waals surface area contributed by atoms with Crippen molar-refractivity contribution in [3.63, 3.8) is 0 Å². The Bertz CT molecular complexity index is 398. The number of piperidine rings is 1. The molecule has 0 radical (unpaired) electrons. The van der Waals surface area contributed by atoms with Crippen LogP contribution in [0.15, 0.2) is 0 Å². The molecule has 0 bridgehead atoms. The van der Waals surface area contributed by atoms with Crippen LogP contribution in [0.25, 0.3) is 0 Å². The SMILES string of the molecule is CCS(=O)(=O)N1CCCC(C(=O)NC(C)(C)C)C1. The van der Waals surface area contributed by atoms with Gasteiger partial charge < -0.3 is 5.32 Å². The molecule has 1 aliphatic heterocycles. The predicted molar refractivity (Wildman–Crippen MR) is 71.7 cm³/mol. The highest BCUT2D eigenvalue weighted by Crippen LogP contribution is 2.20. The van der Waals surface area contributed by atoms with E-state index in [0.717, 1.165) is 12.8 Å². The summed E-state index contributed by atoms with van der Waals surface area (Å²) in [7, 11) is -3.18. The van der Waals surface area contributed by atoms with Gasteiger partial charge in [0.25, 0.3) is 0 Å². The van der Waals surface area contributed by atoms with Gasteiger partial charge in [0.2, 0.25) is 15.9 Å². The summed E-state index contributed by atoms with van der Waals surface area (Å²) in [5.74, 6) is -0.168. The maximum absolute atomic E-state index is 12.0. The Hall–Kier alpha value is -0.620. The summed E-state index contributed by atoms with van der Waals surface area (Å²) in [6, 6.07) is 0. The second kappa shape index (κ2) is 5.57. The van der Waals surface area contributed by atoms with Crippen LogP contribution in [0, 0.1) is 5.92 Å². The van der Waals surface area contributed by atoms with Gasteiger partial charge in [-0.3, -0.25) is 4.79 Å². The zero-order valence-corrected chi connectivity index (χ0v) is 12.5. The molecule has 1 unspecified atom stereocenters. The van der Waals surface area contributed by atoms with Crippen LogP contribution in [0.1, 0.15) is 40.5 Å². The number of carbonyl (C=O) groups excluding carboxylic acids is 1. The molecule has 0 aromatic rings. The third-order valence-corrected chi connectivity index (χ3v) is 4.86. The molecular formula is C12H24N2O3S. The zero-order valence-electron chi connectivity index (χ0n) is 11.7. The van der Waals surface area contributed by atoms with Gasteiger partial charge in [-0.05, 0) is 40.5 Å². The Kier molecular flexibility index (Phi) is 4.78. The quantitative estimate of drug-likeness (QED) is 0.835. The molecule has 1 atom stereocenters. The van der Waals surface area contributed by atoms with Crippen molar-refractivity contribution < 1.29 is 13.2 Å². The first kappa shape index (κ1) is 15.4. The van der Waals surface area contributed by atoms with Crippen LogP contribution < -0.4 is 5.32 Å². The molecule has 0 aromatic carbocycles. The zero-order chi connectivity index (χ0) is 14.0. The van der Waals surface area contributed by atoms with Crippen molar-refractivity contribution in [2.45, 2.75) is 46.1 Å². The molecule has 0 aromatic heterocycles. The highest BCUT2D eigenvalue weighted by molar-refractivity contribution is 7.89. The fourth-order valence-corrected chi connectivity index (χ4v) is 3.24. The molecule has 6 heteroatoms. The van der Waals surface area contributed by atoms with Crippen LogP contribution in [0.5, 0.6) is 0 Å². The summed E-state index contributed by atoms with van der Waals surface area (Å²) in [6.07, 6.45) is 1.51. The predicted octanol–water partition coefficient (Wildman–Crippen LogP) is 0.963. The van der Waals surface area contributed by atoms with E-state index < -0.39 is 10.0 Å². The van der Waals surface area contributed by atoms with Gasteiger partial charge in [0.05, 0.1) is 11.7 Å². The van der Waals surface area contributed by atoms with Gasteiger partial charge in [-0.25, -0.2) is 12.7 Å². The van der Waals surface area contributed by atoms with E-state index in [1.165, 1.54) is 4.31 Å². The van der Waals surface area contributed by atoms with Crippen LogP contribution in [0.4, 0.5) is 0 Å². The molecule has 18 heavy (non-hydrogen) atoms. The lowest BCUT2D eigenvalue weighted by Gasteiger charge is -2.32. The van der Waals surface area contributed by atoms with Crippen molar-refractivity contribution in [1.29, 1.82) is 0 Å². The van der Waals surface area contributed by atoms with E-state index in [-0.39, 0.29) is 23.1 Å². The van der Waals surface area contributed by atoms with E-state index in [4.69, 9.17) is 0 Å². The smallest absolute Gasteiger partial charge is 0.224 e. The molecule has 1 fully saturated rings. The third-order valence-electron chi connectivity index (χ3n) is 3.01. The monoisotopic (exact) mass is 276 g/mol. The minimum atomic E-state index is -3.18. The van der Waals surface area contributed by atoms with Crippen molar-refractivity contribution in [2.24, 2.45) is 5.92 Å². The van der Waals surface area contributed by atoms with Crippen molar-refractivity contribution in [2.75, 3.05) is 18.8 Å². The first-order chi connectivity index (χ1) is 8.15. The summed E-state index contributed by atoms with van der Waals surface area (Å²) < 4.78 is 25.1. The van der Waals surface area contributed by atoms with E-state index >= 15 is 0 Å². The molecule has 1 heterocycles. The first-order valence-corrected chi connectivity index (χ1v) is 8.06. The lowest BCUT2D eigenvalue weighted by Crippen LogP contribution is -2.49. The van der Waals surface area contributed by atoms with Crippen molar-refractivity contribution in [1.82, 2.24) is 9.62 Å². The summed E-state index contributed by atoms with van der Waals surface area (Å²) in [5.41, 5.74) is -0.275. The molecule has 106 valence electrons. The van der Waals surface area contributed by atoms with Crippen LogP contribution in [0.3, 0.4) is 0 Å². The van der Waals surface area contributed by atoms with E-state index in [0.29, 0.717) is 13.1 Å². The maximum Gasteiger partial charge on any atom is 0.224 e. The normalized spacial score (nSPS) is 22.8. The Morgan fingerprint density at radius 1 is 1.39 bits per heavy atom. The average molecular weight is 276 g/mol. The van der Waals surface area contributed by atoms with Gasteiger partial charge in [-0.2, -0.15) is 0 Å². The molecule has 1 aliphatic rings.